The van der Waals surface area contributed by atoms with Crippen LogP contribution in [-0.2, 0) is 17.6 Å². The quantitative estimate of drug-likeness (QED) is 0.543. The van der Waals surface area contributed by atoms with E-state index >= 15 is 0 Å². The Hall–Kier alpha value is -2.41. The molecular weight excluding hydrogens is 340 g/mol. The van der Waals surface area contributed by atoms with E-state index in [1.165, 1.54) is 55.3 Å². The van der Waals surface area contributed by atoms with Crippen molar-refractivity contribution in [3.63, 3.8) is 0 Å². The van der Waals surface area contributed by atoms with Crippen molar-refractivity contribution in [1.82, 2.24) is 0 Å². The molecular formula is C27H24O. The number of carbonyl (C=O) groups is 1. The molecule has 0 aliphatic heterocycles. The van der Waals surface area contributed by atoms with Gasteiger partial charge in [0, 0.05) is 5.92 Å². The van der Waals surface area contributed by atoms with Crippen LogP contribution < -0.4 is 0 Å². The molecule has 4 unspecified atom stereocenters. The fourth-order valence-corrected chi connectivity index (χ4v) is 7.33. The molecule has 0 N–H and O–H groups in total. The van der Waals surface area contributed by atoms with Crippen LogP contribution in [0.1, 0.15) is 58.1 Å². The molecule has 0 saturated heterocycles. The van der Waals surface area contributed by atoms with Gasteiger partial charge >= 0.3 is 0 Å². The lowest BCUT2D eigenvalue weighted by Crippen LogP contribution is -2.39. The molecule has 1 heteroatoms. The van der Waals surface area contributed by atoms with Gasteiger partial charge in [0.25, 0.3) is 0 Å². The van der Waals surface area contributed by atoms with Gasteiger partial charge in [0.2, 0.25) is 0 Å². The van der Waals surface area contributed by atoms with Gasteiger partial charge < -0.3 is 0 Å². The number of hydrogen-bond acceptors (Lipinski definition) is 1. The Bertz CT molecular complexity index is 1220. The highest BCUT2D eigenvalue weighted by Gasteiger charge is 2.50. The van der Waals surface area contributed by atoms with Gasteiger partial charge in [-0.3, -0.25) is 4.79 Å². The lowest BCUT2D eigenvalue weighted by atomic mass is 9.58. The van der Waals surface area contributed by atoms with E-state index in [9.17, 15) is 4.79 Å². The van der Waals surface area contributed by atoms with E-state index in [-0.39, 0.29) is 11.8 Å². The van der Waals surface area contributed by atoms with Gasteiger partial charge in [0.1, 0.15) is 0 Å². The fourth-order valence-electron chi connectivity index (χ4n) is 7.33. The van der Waals surface area contributed by atoms with E-state index in [1.54, 1.807) is 0 Å². The van der Waals surface area contributed by atoms with Crippen LogP contribution in [0.5, 0.6) is 0 Å². The fraction of sp³-hybridized carbons (Fsp3) is 0.370. The predicted octanol–water partition coefficient (Wildman–Crippen LogP) is 5.77. The van der Waals surface area contributed by atoms with Crippen LogP contribution in [0.15, 0.2) is 47.6 Å². The molecule has 4 atom stereocenters. The van der Waals surface area contributed by atoms with Crippen molar-refractivity contribution in [2.75, 3.05) is 0 Å². The maximum atomic E-state index is 14.1. The van der Waals surface area contributed by atoms with Gasteiger partial charge in [0.05, 0.1) is 5.92 Å². The Kier molecular flexibility index (Phi) is 2.74. The summed E-state index contributed by atoms with van der Waals surface area (Å²) in [6.07, 6.45) is 13.4. The highest BCUT2D eigenvalue weighted by Crippen LogP contribution is 2.58. The lowest BCUT2D eigenvalue weighted by Gasteiger charge is -2.44. The van der Waals surface area contributed by atoms with Crippen LogP contribution in [0.2, 0.25) is 0 Å². The Balaban J connectivity index is 1.66. The summed E-state index contributed by atoms with van der Waals surface area (Å²) >= 11 is 0. The average molecular weight is 364 g/mol. The van der Waals surface area contributed by atoms with Crippen LogP contribution >= 0.6 is 0 Å². The number of allylic oxidation sites excluding steroid dienone is 6. The third kappa shape index (κ3) is 1.64. The smallest absolute Gasteiger partial charge is 0.152 e. The second-order valence-electron chi connectivity index (χ2n) is 9.63. The number of hydrogen-bond donors (Lipinski definition) is 0. The van der Waals surface area contributed by atoms with E-state index in [0.29, 0.717) is 17.6 Å². The van der Waals surface area contributed by atoms with E-state index in [1.807, 2.05) is 0 Å². The minimum atomic E-state index is 0.00310. The van der Waals surface area contributed by atoms with Crippen LogP contribution in [0.4, 0.5) is 0 Å². The van der Waals surface area contributed by atoms with Crippen LogP contribution in [0, 0.1) is 25.7 Å². The highest BCUT2D eigenvalue weighted by molar-refractivity contribution is 6.10. The number of aryl methyl sites for hydroxylation is 2. The summed E-state index contributed by atoms with van der Waals surface area (Å²) in [4.78, 5) is 14.1. The largest absolute Gasteiger partial charge is 0.298 e. The number of rotatable bonds is 0. The molecule has 7 rings (SSSR count). The van der Waals surface area contributed by atoms with Crippen molar-refractivity contribution < 1.29 is 4.79 Å². The average Bonchev–Trinajstić information content (AvgIpc) is 3.31. The molecule has 2 aromatic rings. The third-order valence-corrected chi connectivity index (χ3v) is 8.27. The number of fused-ring (bicyclic) bond motifs is 3. The molecule has 0 spiro atoms. The van der Waals surface area contributed by atoms with Gasteiger partial charge in [-0.05, 0) is 107 Å². The second kappa shape index (κ2) is 4.95. The molecule has 0 saturated carbocycles. The SMILES string of the molecule is Cc1cc2c3c4c5c(cc(C)c14)CC1C=CCC1C5C(=O)C3C1=C(C=CC1)C2. The zero-order chi connectivity index (χ0) is 18.7. The minimum absolute atomic E-state index is 0.00310. The van der Waals surface area contributed by atoms with Crippen molar-refractivity contribution in [2.24, 2.45) is 11.8 Å². The lowest BCUT2D eigenvalue weighted by molar-refractivity contribution is -0.123. The van der Waals surface area contributed by atoms with Gasteiger partial charge in [-0.2, -0.15) is 0 Å². The molecule has 0 amide bonds. The predicted molar refractivity (Wildman–Crippen MR) is 113 cm³/mol. The standard InChI is InChI=1S/C27H24O/c1-13-9-17-11-15-5-3-7-19(15)24-22(17)26-21(13)14(2)10-18-12-16-6-4-8-20(16)25(23(18)26)27(24)28/h3-6,9-10,15,19,24-25H,7-8,11-12H2,1-2H3. The Labute approximate surface area is 165 Å². The molecule has 138 valence electrons. The van der Waals surface area contributed by atoms with Crippen LogP contribution in [-0.4, -0.2) is 5.78 Å². The van der Waals surface area contributed by atoms with Crippen molar-refractivity contribution >= 4 is 16.6 Å². The first-order valence-corrected chi connectivity index (χ1v) is 10.8. The topological polar surface area (TPSA) is 17.1 Å². The molecule has 5 aliphatic carbocycles. The summed E-state index contributed by atoms with van der Waals surface area (Å²) in [5.74, 6) is 1.61. The van der Waals surface area contributed by atoms with Crippen molar-refractivity contribution in [3.05, 3.63) is 81.0 Å². The summed E-state index contributed by atoms with van der Waals surface area (Å²) in [6.45, 7) is 4.54. The summed E-state index contributed by atoms with van der Waals surface area (Å²) in [6, 6.07) is 4.79. The molecule has 2 aromatic carbocycles. The van der Waals surface area contributed by atoms with Gasteiger partial charge in [-0.1, -0.05) is 36.4 Å². The normalized spacial score (nSPS) is 31.0. The van der Waals surface area contributed by atoms with Gasteiger partial charge in [0.15, 0.2) is 5.78 Å². The van der Waals surface area contributed by atoms with Crippen LogP contribution in [0.25, 0.3) is 10.8 Å². The first kappa shape index (κ1) is 15.5. The Morgan fingerprint density at radius 1 is 0.964 bits per heavy atom. The molecule has 28 heavy (non-hydrogen) atoms. The monoisotopic (exact) mass is 364 g/mol. The maximum Gasteiger partial charge on any atom is 0.152 e. The Morgan fingerprint density at radius 2 is 1.79 bits per heavy atom. The van der Waals surface area contributed by atoms with Gasteiger partial charge in [-0.15, -0.1) is 0 Å². The molecule has 0 radical (unpaired) electrons. The molecule has 5 aliphatic rings. The summed E-state index contributed by atoms with van der Waals surface area (Å²) < 4.78 is 0. The molecule has 0 aromatic heterocycles. The number of benzene rings is 2. The summed E-state index contributed by atoms with van der Waals surface area (Å²) in [5, 5.41) is 2.91. The van der Waals surface area contributed by atoms with Crippen molar-refractivity contribution in [3.8, 4) is 0 Å². The van der Waals surface area contributed by atoms with Gasteiger partial charge in [-0.25, -0.2) is 0 Å². The number of carbonyl (C=O) groups excluding carboxylic acids is 1. The molecule has 0 bridgehead atoms. The van der Waals surface area contributed by atoms with E-state index in [2.05, 4.69) is 50.3 Å². The van der Waals surface area contributed by atoms with E-state index in [0.717, 1.165) is 25.7 Å². The first-order chi connectivity index (χ1) is 13.6. The zero-order valence-corrected chi connectivity index (χ0v) is 16.5. The highest BCUT2D eigenvalue weighted by atomic mass is 16.1. The zero-order valence-electron chi connectivity index (χ0n) is 16.5. The van der Waals surface area contributed by atoms with E-state index in [4.69, 9.17) is 0 Å². The van der Waals surface area contributed by atoms with Crippen molar-refractivity contribution in [2.45, 2.75) is 51.4 Å². The van der Waals surface area contributed by atoms with Crippen molar-refractivity contribution in [1.29, 1.82) is 0 Å². The third-order valence-electron chi connectivity index (χ3n) is 8.27. The minimum Gasteiger partial charge on any atom is -0.298 e. The molecule has 0 heterocycles. The summed E-state index contributed by atoms with van der Waals surface area (Å²) in [5.41, 5.74) is 11.3. The second-order valence-corrected chi connectivity index (χ2v) is 9.63. The maximum absolute atomic E-state index is 14.1. The number of Topliss-reactive ketones (excluding diaryl/α,β-unsaturated/α-hetero) is 1. The van der Waals surface area contributed by atoms with Crippen LogP contribution in [0.3, 0.4) is 0 Å². The summed E-state index contributed by atoms with van der Waals surface area (Å²) in [7, 11) is 0. The molecule has 0 fully saturated rings. The van der Waals surface area contributed by atoms with E-state index < -0.39 is 0 Å². The Morgan fingerprint density at radius 3 is 2.64 bits per heavy atom. The number of ketones is 1. The first-order valence-electron chi connectivity index (χ1n) is 10.8. The molecule has 1 nitrogen and oxygen atoms in total.